The number of aromatic nitrogens is 3. The Labute approximate surface area is 182 Å². The average molecular weight is 423 g/mol. The van der Waals surface area contributed by atoms with Gasteiger partial charge < -0.3 is 14.8 Å². The van der Waals surface area contributed by atoms with Crippen molar-refractivity contribution in [1.29, 1.82) is 0 Å². The average Bonchev–Trinajstić information content (AvgIpc) is 3.23. The van der Waals surface area contributed by atoms with Gasteiger partial charge in [0.25, 0.3) is 0 Å². The molecule has 3 heterocycles. The Hall–Kier alpha value is -2.93. The summed E-state index contributed by atoms with van der Waals surface area (Å²) in [6, 6.07) is 13.4. The zero-order valence-electron chi connectivity index (χ0n) is 18.4. The molecule has 7 nitrogen and oxygen atoms in total. The fourth-order valence-corrected chi connectivity index (χ4v) is 4.37. The van der Waals surface area contributed by atoms with Crippen LogP contribution in [0.4, 0.5) is 0 Å². The number of nitrogens with zero attached hydrogens (tertiary/aromatic N) is 3. The third kappa shape index (κ3) is 4.28. The number of fused-ring (bicyclic) bond motifs is 1. The zero-order chi connectivity index (χ0) is 21.8. The third-order valence-corrected chi connectivity index (χ3v) is 6.09. The highest BCUT2D eigenvalue weighted by atomic mass is 16.5. The number of carbonyl (C=O) groups is 1. The van der Waals surface area contributed by atoms with Crippen LogP contribution in [0.5, 0.6) is 5.75 Å². The molecule has 2 aromatic heterocycles. The quantitative estimate of drug-likeness (QED) is 0.628. The summed E-state index contributed by atoms with van der Waals surface area (Å²) in [5.41, 5.74) is 1.13. The van der Waals surface area contributed by atoms with Crippen LogP contribution >= 0.6 is 0 Å². The number of hydrogen-bond donors (Lipinski definition) is 1. The molecule has 4 rings (SSSR count). The highest BCUT2D eigenvalue weighted by Crippen LogP contribution is 2.37. The van der Waals surface area contributed by atoms with Gasteiger partial charge in [-0.25, -0.2) is 0 Å². The standard InChI is InChI=1S/C24H30N4O3/c1-17(2)16-20(22-27-26-21-6-4-5-13-28(21)22)25-23(29)24(11-14-31-15-12-24)18-7-9-19(30-3)10-8-18/h4-10,13,17,20H,11-12,14-16H2,1-3H3,(H,25,29)/t20-/m0/s1. The van der Waals surface area contributed by atoms with E-state index in [9.17, 15) is 4.79 Å². The summed E-state index contributed by atoms with van der Waals surface area (Å²) in [7, 11) is 1.64. The van der Waals surface area contributed by atoms with E-state index in [-0.39, 0.29) is 11.9 Å². The van der Waals surface area contributed by atoms with Gasteiger partial charge in [0, 0.05) is 19.4 Å². The Morgan fingerprint density at radius 1 is 1.16 bits per heavy atom. The molecule has 31 heavy (non-hydrogen) atoms. The largest absolute Gasteiger partial charge is 0.497 e. The number of carbonyl (C=O) groups excluding carboxylic acids is 1. The Morgan fingerprint density at radius 2 is 1.90 bits per heavy atom. The van der Waals surface area contributed by atoms with E-state index in [0.717, 1.165) is 29.2 Å². The van der Waals surface area contributed by atoms with Gasteiger partial charge in [-0.2, -0.15) is 0 Å². The topological polar surface area (TPSA) is 77.8 Å². The fourth-order valence-electron chi connectivity index (χ4n) is 4.37. The van der Waals surface area contributed by atoms with Gasteiger partial charge in [0.2, 0.25) is 5.91 Å². The van der Waals surface area contributed by atoms with Gasteiger partial charge in [-0.3, -0.25) is 9.20 Å². The maximum absolute atomic E-state index is 13.8. The maximum atomic E-state index is 13.8. The van der Waals surface area contributed by atoms with Gasteiger partial charge in [0.1, 0.15) is 5.75 Å². The lowest BCUT2D eigenvalue weighted by Gasteiger charge is -2.37. The number of ether oxygens (including phenoxy) is 2. The first kappa shape index (κ1) is 21.3. The number of amides is 1. The SMILES string of the molecule is COc1ccc(C2(C(=O)N[C@@H](CC(C)C)c3nnc4ccccn34)CCOCC2)cc1. The van der Waals surface area contributed by atoms with Crippen LogP contribution < -0.4 is 10.1 Å². The molecule has 3 aromatic rings. The van der Waals surface area contributed by atoms with Crippen LogP contribution in [0.2, 0.25) is 0 Å². The van der Waals surface area contributed by atoms with E-state index in [1.165, 1.54) is 0 Å². The van der Waals surface area contributed by atoms with Gasteiger partial charge in [0.05, 0.1) is 18.6 Å². The lowest BCUT2D eigenvalue weighted by atomic mass is 9.73. The van der Waals surface area contributed by atoms with E-state index in [1.807, 2.05) is 53.1 Å². The molecule has 7 heteroatoms. The Balaban J connectivity index is 1.67. The Morgan fingerprint density at radius 3 is 2.58 bits per heavy atom. The van der Waals surface area contributed by atoms with E-state index >= 15 is 0 Å². The molecule has 0 spiro atoms. The van der Waals surface area contributed by atoms with Crippen molar-refractivity contribution < 1.29 is 14.3 Å². The van der Waals surface area contributed by atoms with E-state index in [2.05, 4.69) is 29.4 Å². The molecule has 1 amide bonds. The molecular formula is C24H30N4O3. The molecule has 0 saturated carbocycles. The molecule has 1 aliphatic rings. The number of rotatable bonds is 7. The van der Waals surface area contributed by atoms with Crippen LogP contribution in [0.1, 0.15) is 50.5 Å². The molecule has 1 aromatic carbocycles. The molecule has 1 fully saturated rings. The smallest absolute Gasteiger partial charge is 0.231 e. The molecule has 164 valence electrons. The first-order valence-corrected chi connectivity index (χ1v) is 10.9. The van der Waals surface area contributed by atoms with Gasteiger partial charge in [-0.05, 0) is 55.0 Å². The predicted octanol–water partition coefficient (Wildman–Crippen LogP) is 3.69. The highest BCUT2D eigenvalue weighted by molar-refractivity contribution is 5.88. The maximum Gasteiger partial charge on any atom is 0.231 e. The summed E-state index contributed by atoms with van der Waals surface area (Å²) in [5, 5.41) is 12.0. The monoisotopic (exact) mass is 422 g/mol. The molecule has 0 unspecified atom stereocenters. The van der Waals surface area contributed by atoms with Crippen molar-refractivity contribution in [2.45, 2.75) is 44.6 Å². The summed E-state index contributed by atoms with van der Waals surface area (Å²) >= 11 is 0. The van der Waals surface area contributed by atoms with E-state index in [0.29, 0.717) is 32.0 Å². The Bertz CT molecular complexity index is 1020. The van der Waals surface area contributed by atoms with Crippen LogP contribution in [0.3, 0.4) is 0 Å². The van der Waals surface area contributed by atoms with Crippen molar-refractivity contribution in [1.82, 2.24) is 19.9 Å². The number of nitrogens with one attached hydrogen (secondary N) is 1. The normalized spacial score (nSPS) is 16.9. The van der Waals surface area contributed by atoms with E-state index in [1.54, 1.807) is 7.11 Å². The zero-order valence-corrected chi connectivity index (χ0v) is 18.4. The van der Waals surface area contributed by atoms with Crippen LogP contribution in [0.25, 0.3) is 5.65 Å². The van der Waals surface area contributed by atoms with Gasteiger partial charge >= 0.3 is 0 Å². The number of hydrogen-bond acceptors (Lipinski definition) is 5. The van der Waals surface area contributed by atoms with Gasteiger partial charge in [-0.15, -0.1) is 10.2 Å². The minimum absolute atomic E-state index is 0.0132. The number of methoxy groups -OCH3 is 1. The summed E-state index contributed by atoms with van der Waals surface area (Å²) in [4.78, 5) is 13.8. The summed E-state index contributed by atoms with van der Waals surface area (Å²) in [6.45, 7) is 5.41. The van der Waals surface area contributed by atoms with E-state index in [4.69, 9.17) is 9.47 Å². The van der Waals surface area contributed by atoms with Crippen molar-refractivity contribution in [3.8, 4) is 5.75 Å². The molecule has 0 bridgehead atoms. The Kier molecular flexibility index (Phi) is 6.23. The lowest BCUT2D eigenvalue weighted by molar-refractivity contribution is -0.131. The van der Waals surface area contributed by atoms with Crippen molar-refractivity contribution in [3.05, 3.63) is 60.0 Å². The van der Waals surface area contributed by atoms with Crippen LogP contribution in [0.15, 0.2) is 48.7 Å². The molecule has 1 aliphatic heterocycles. The predicted molar refractivity (Wildman–Crippen MR) is 118 cm³/mol. The fraction of sp³-hybridized carbons (Fsp3) is 0.458. The second kappa shape index (κ2) is 9.06. The van der Waals surface area contributed by atoms with Crippen LogP contribution in [-0.4, -0.2) is 40.8 Å². The lowest BCUT2D eigenvalue weighted by Crippen LogP contribution is -2.49. The van der Waals surface area contributed by atoms with Crippen LogP contribution in [-0.2, 0) is 14.9 Å². The minimum Gasteiger partial charge on any atom is -0.497 e. The first-order chi connectivity index (χ1) is 15.0. The van der Waals surface area contributed by atoms with Crippen molar-refractivity contribution >= 4 is 11.6 Å². The van der Waals surface area contributed by atoms with Gasteiger partial charge in [0.15, 0.2) is 11.5 Å². The molecule has 1 N–H and O–H groups in total. The second-order valence-electron chi connectivity index (χ2n) is 8.57. The first-order valence-electron chi connectivity index (χ1n) is 10.9. The number of pyridine rings is 1. The molecule has 1 saturated heterocycles. The molecule has 1 atom stereocenters. The molecule has 0 radical (unpaired) electrons. The molecule has 0 aliphatic carbocycles. The van der Waals surface area contributed by atoms with Crippen molar-refractivity contribution in [3.63, 3.8) is 0 Å². The minimum atomic E-state index is -0.639. The summed E-state index contributed by atoms with van der Waals surface area (Å²) in [6.07, 6.45) is 3.99. The summed E-state index contributed by atoms with van der Waals surface area (Å²) in [5.74, 6) is 1.93. The van der Waals surface area contributed by atoms with Crippen molar-refractivity contribution in [2.75, 3.05) is 20.3 Å². The molecular weight excluding hydrogens is 392 g/mol. The summed E-state index contributed by atoms with van der Waals surface area (Å²) < 4.78 is 12.9. The third-order valence-electron chi connectivity index (χ3n) is 6.09. The van der Waals surface area contributed by atoms with E-state index < -0.39 is 5.41 Å². The van der Waals surface area contributed by atoms with Crippen molar-refractivity contribution in [2.24, 2.45) is 5.92 Å². The highest BCUT2D eigenvalue weighted by Gasteiger charge is 2.43. The van der Waals surface area contributed by atoms with Gasteiger partial charge in [-0.1, -0.05) is 32.0 Å². The second-order valence-corrected chi connectivity index (χ2v) is 8.57. The van der Waals surface area contributed by atoms with Crippen LogP contribution in [0, 0.1) is 5.92 Å². The number of benzene rings is 1.